The van der Waals surface area contributed by atoms with Crippen LogP contribution in [0.2, 0.25) is 0 Å². The van der Waals surface area contributed by atoms with E-state index in [0.717, 1.165) is 25.0 Å². The van der Waals surface area contributed by atoms with Crippen molar-refractivity contribution >= 4 is 5.69 Å². The highest BCUT2D eigenvalue weighted by Crippen LogP contribution is 2.28. The molecule has 1 N–H and O–H groups in total. The van der Waals surface area contributed by atoms with Crippen LogP contribution < -0.4 is 0 Å². The zero-order valence-electron chi connectivity index (χ0n) is 20.8. The number of nitrogens with zero attached hydrogens (tertiary/aromatic N) is 8. The molecule has 0 amide bonds. The summed E-state index contributed by atoms with van der Waals surface area (Å²) in [5, 5.41) is 35.2. The van der Waals surface area contributed by atoms with Gasteiger partial charge in [-0.2, -0.15) is 5.10 Å². The maximum Gasteiger partial charge on any atom is 0.269 e. The average molecular weight is 527 g/mol. The van der Waals surface area contributed by atoms with E-state index in [1.807, 2.05) is 11.8 Å². The SMILES string of the molecule is CCCCN(Cc1cn(Cc2cccc([N+](=O)[O-])c2)nn1)CC(O)(Cn1cncn1)c1ccc(F)cc1F. The summed E-state index contributed by atoms with van der Waals surface area (Å²) in [6.07, 6.45) is 6.17. The summed E-state index contributed by atoms with van der Waals surface area (Å²) in [6, 6.07) is 9.39. The number of hydrogen-bond donors (Lipinski definition) is 1. The van der Waals surface area contributed by atoms with Crippen LogP contribution in [0.4, 0.5) is 14.5 Å². The number of aliphatic hydroxyl groups is 1. The van der Waals surface area contributed by atoms with Crippen molar-refractivity contribution in [3.05, 3.63) is 99.9 Å². The molecule has 2 aromatic carbocycles. The minimum Gasteiger partial charge on any atom is -0.382 e. The van der Waals surface area contributed by atoms with Crippen molar-refractivity contribution in [3.8, 4) is 0 Å². The summed E-state index contributed by atoms with van der Waals surface area (Å²) in [7, 11) is 0. The molecule has 1 atom stereocenters. The highest BCUT2D eigenvalue weighted by molar-refractivity contribution is 5.34. The quantitative estimate of drug-likeness (QED) is 0.208. The standard InChI is InChI=1S/C25H28F2N8O3/c1-2-3-9-32(13-21-14-33(31-30-21)12-19-5-4-6-22(10-19)35(37)38)15-25(36,16-34-18-28-17-29-34)23-8-7-20(26)11-24(23)27/h4-8,10-11,14,17-18,36H,2-3,9,12-13,15-16H2,1H3. The second-order valence-corrected chi connectivity index (χ2v) is 9.15. The van der Waals surface area contributed by atoms with E-state index in [4.69, 9.17) is 0 Å². The van der Waals surface area contributed by atoms with Gasteiger partial charge in [0.15, 0.2) is 0 Å². The average Bonchev–Trinajstić information content (AvgIpc) is 3.54. The third-order valence-corrected chi connectivity index (χ3v) is 6.07. The number of nitro groups is 1. The van der Waals surface area contributed by atoms with Gasteiger partial charge >= 0.3 is 0 Å². The zero-order chi connectivity index (χ0) is 27.1. The predicted molar refractivity (Wildman–Crippen MR) is 133 cm³/mol. The van der Waals surface area contributed by atoms with Crippen LogP contribution in [0.15, 0.2) is 61.3 Å². The maximum atomic E-state index is 14.9. The second-order valence-electron chi connectivity index (χ2n) is 9.15. The first-order chi connectivity index (χ1) is 18.3. The fourth-order valence-electron chi connectivity index (χ4n) is 4.31. The van der Waals surface area contributed by atoms with Crippen LogP contribution in [0.1, 0.15) is 36.6 Å². The van der Waals surface area contributed by atoms with Crippen LogP contribution in [0.3, 0.4) is 0 Å². The minimum absolute atomic E-state index is 0.00623. The third kappa shape index (κ3) is 6.81. The van der Waals surface area contributed by atoms with Gasteiger partial charge in [-0.3, -0.25) is 15.0 Å². The van der Waals surface area contributed by atoms with E-state index in [1.165, 1.54) is 35.5 Å². The first-order valence-electron chi connectivity index (χ1n) is 12.1. The van der Waals surface area contributed by atoms with Gasteiger partial charge in [-0.15, -0.1) is 5.10 Å². The summed E-state index contributed by atoms with van der Waals surface area (Å²) >= 11 is 0. The first kappa shape index (κ1) is 26.9. The summed E-state index contributed by atoms with van der Waals surface area (Å²) < 4.78 is 31.5. The Morgan fingerprint density at radius 2 is 2.03 bits per heavy atom. The molecule has 0 aliphatic carbocycles. The molecule has 4 aromatic rings. The van der Waals surface area contributed by atoms with Gasteiger partial charge in [-0.1, -0.05) is 36.8 Å². The Morgan fingerprint density at radius 3 is 2.74 bits per heavy atom. The molecule has 0 radical (unpaired) electrons. The molecule has 0 aliphatic heterocycles. The lowest BCUT2D eigenvalue weighted by Gasteiger charge is -2.34. The van der Waals surface area contributed by atoms with E-state index in [9.17, 15) is 24.0 Å². The van der Waals surface area contributed by atoms with Crippen molar-refractivity contribution in [3.63, 3.8) is 0 Å². The lowest BCUT2D eigenvalue weighted by molar-refractivity contribution is -0.384. The van der Waals surface area contributed by atoms with Gasteiger partial charge in [0.05, 0.1) is 29.9 Å². The van der Waals surface area contributed by atoms with Crippen LogP contribution in [-0.4, -0.2) is 57.8 Å². The zero-order valence-corrected chi connectivity index (χ0v) is 20.8. The highest BCUT2D eigenvalue weighted by atomic mass is 19.1. The van der Waals surface area contributed by atoms with Gasteiger partial charge in [0.25, 0.3) is 5.69 Å². The van der Waals surface area contributed by atoms with E-state index in [0.29, 0.717) is 30.9 Å². The summed E-state index contributed by atoms with van der Waals surface area (Å²) in [5.41, 5.74) is -0.502. The van der Waals surface area contributed by atoms with Gasteiger partial charge < -0.3 is 5.11 Å². The Labute approximate surface area is 217 Å². The largest absolute Gasteiger partial charge is 0.382 e. The van der Waals surface area contributed by atoms with E-state index < -0.39 is 22.2 Å². The number of unbranched alkanes of at least 4 members (excludes halogenated alkanes) is 1. The number of nitro benzene ring substituents is 1. The molecule has 200 valence electrons. The van der Waals surface area contributed by atoms with Crippen LogP contribution in [0, 0.1) is 21.7 Å². The first-order valence-corrected chi connectivity index (χ1v) is 12.1. The molecule has 0 fully saturated rings. The third-order valence-electron chi connectivity index (χ3n) is 6.07. The number of benzene rings is 2. The Bertz CT molecular complexity index is 1360. The topological polar surface area (TPSA) is 128 Å². The molecule has 38 heavy (non-hydrogen) atoms. The van der Waals surface area contributed by atoms with Crippen LogP contribution in [0.5, 0.6) is 0 Å². The maximum absolute atomic E-state index is 14.9. The summed E-state index contributed by atoms with van der Waals surface area (Å²) in [4.78, 5) is 16.4. The van der Waals surface area contributed by atoms with E-state index in [-0.39, 0.29) is 24.3 Å². The predicted octanol–water partition coefficient (Wildman–Crippen LogP) is 3.29. The Balaban J connectivity index is 1.55. The molecule has 1 unspecified atom stereocenters. The lowest BCUT2D eigenvalue weighted by Crippen LogP contribution is -2.45. The number of non-ortho nitro benzene ring substituents is 1. The molecule has 11 nitrogen and oxygen atoms in total. The normalized spacial score (nSPS) is 13.1. The van der Waals surface area contributed by atoms with Crippen LogP contribution >= 0.6 is 0 Å². The van der Waals surface area contributed by atoms with Crippen molar-refractivity contribution in [1.29, 1.82) is 0 Å². The van der Waals surface area contributed by atoms with Crippen molar-refractivity contribution in [2.45, 2.75) is 45.0 Å². The molecule has 13 heteroatoms. The molecule has 0 saturated carbocycles. The second kappa shape index (κ2) is 12.0. The Morgan fingerprint density at radius 1 is 1.18 bits per heavy atom. The van der Waals surface area contributed by atoms with Crippen LogP contribution in [0.25, 0.3) is 0 Å². The van der Waals surface area contributed by atoms with Crippen LogP contribution in [-0.2, 0) is 25.2 Å². The number of rotatable bonds is 13. The molecule has 2 aromatic heterocycles. The number of halogens is 2. The summed E-state index contributed by atoms with van der Waals surface area (Å²) in [5.74, 6) is -1.59. The number of aromatic nitrogens is 6. The molecule has 0 aliphatic rings. The van der Waals surface area contributed by atoms with Crippen molar-refractivity contribution in [2.75, 3.05) is 13.1 Å². The molecular formula is C25H28F2N8O3. The lowest BCUT2D eigenvalue weighted by atomic mass is 9.92. The van der Waals surface area contributed by atoms with Crippen molar-refractivity contribution in [2.24, 2.45) is 0 Å². The van der Waals surface area contributed by atoms with E-state index >= 15 is 0 Å². The Kier molecular flexibility index (Phi) is 8.48. The monoisotopic (exact) mass is 526 g/mol. The molecule has 0 saturated heterocycles. The Hall–Kier alpha value is -4.10. The molecular weight excluding hydrogens is 498 g/mol. The van der Waals surface area contributed by atoms with Gasteiger partial charge in [-0.25, -0.2) is 23.1 Å². The fourth-order valence-corrected chi connectivity index (χ4v) is 4.31. The molecule has 0 spiro atoms. The molecule has 4 rings (SSSR count). The molecule has 0 bridgehead atoms. The highest BCUT2D eigenvalue weighted by Gasteiger charge is 2.35. The van der Waals surface area contributed by atoms with Crippen molar-refractivity contribution in [1.82, 2.24) is 34.7 Å². The minimum atomic E-state index is -1.75. The van der Waals surface area contributed by atoms with E-state index in [1.54, 1.807) is 23.0 Å². The van der Waals surface area contributed by atoms with Gasteiger partial charge in [0.2, 0.25) is 0 Å². The molecule has 2 heterocycles. The van der Waals surface area contributed by atoms with E-state index in [2.05, 4.69) is 20.4 Å². The fraction of sp³-hybridized carbons (Fsp3) is 0.360. The van der Waals surface area contributed by atoms with Gasteiger partial charge in [-0.05, 0) is 24.6 Å². The number of hydrogen-bond acceptors (Lipinski definition) is 8. The van der Waals surface area contributed by atoms with Crippen molar-refractivity contribution < 1.29 is 18.8 Å². The van der Waals surface area contributed by atoms with Gasteiger partial charge in [0, 0.05) is 36.9 Å². The summed E-state index contributed by atoms with van der Waals surface area (Å²) in [6.45, 7) is 3.12. The van der Waals surface area contributed by atoms with Gasteiger partial charge in [0.1, 0.15) is 29.9 Å². The smallest absolute Gasteiger partial charge is 0.269 e.